The molecule has 1 fully saturated rings. The van der Waals surface area contributed by atoms with E-state index in [0.29, 0.717) is 5.41 Å². The third-order valence-electron chi connectivity index (χ3n) is 4.12. The Bertz CT molecular complexity index is 416. The summed E-state index contributed by atoms with van der Waals surface area (Å²) in [6.45, 7) is 7.84. The van der Waals surface area contributed by atoms with E-state index in [9.17, 15) is 0 Å². The second-order valence-electron chi connectivity index (χ2n) is 6.99. The largest absolute Gasteiger partial charge is 0.497 e. The van der Waals surface area contributed by atoms with E-state index in [1.165, 1.54) is 24.8 Å². The summed E-state index contributed by atoms with van der Waals surface area (Å²) in [4.78, 5) is 0. The number of hydrogen-bond donors (Lipinski definition) is 1. The first-order chi connectivity index (χ1) is 8.92. The van der Waals surface area contributed by atoms with Crippen LogP contribution >= 0.6 is 0 Å². The SMILES string of the molecule is COc1cccc(CC2(CNC(C)(C)C)CCC2)c1. The lowest BCUT2D eigenvalue weighted by atomic mass is 9.65. The molecule has 0 heterocycles. The van der Waals surface area contributed by atoms with Crippen molar-refractivity contribution in [1.82, 2.24) is 5.32 Å². The second-order valence-corrected chi connectivity index (χ2v) is 6.99. The molecule has 0 radical (unpaired) electrons. The molecular formula is C17H27NO. The second kappa shape index (κ2) is 5.54. The highest BCUT2D eigenvalue weighted by atomic mass is 16.5. The number of nitrogens with one attached hydrogen (secondary N) is 1. The maximum atomic E-state index is 5.32. The molecule has 1 N–H and O–H groups in total. The van der Waals surface area contributed by atoms with E-state index in [4.69, 9.17) is 4.74 Å². The molecule has 2 heteroatoms. The van der Waals surface area contributed by atoms with Crippen molar-refractivity contribution in [2.24, 2.45) is 5.41 Å². The zero-order chi connectivity index (χ0) is 13.9. The number of rotatable bonds is 5. The summed E-state index contributed by atoms with van der Waals surface area (Å²) < 4.78 is 5.32. The lowest BCUT2D eigenvalue weighted by Gasteiger charge is -2.44. The van der Waals surface area contributed by atoms with E-state index in [0.717, 1.165) is 18.7 Å². The Hall–Kier alpha value is -1.02. The van der Waals surface area contributed by atoms with Crippen LogP contribution < -0.4 is 10.1 Å². The molecule has 1 aromatic rings. The summed E-state index contributed by atoms with van der Waals surface area (Å²) in [5, 5.41) is 3.68. The number of methoxy groups -OCH3 is 1. The summed E-state index contributed by atoms with van der Waals surface area (Å²) >= 11 is 0. The molecular weight excluding hydrogens is 234 g/mol. The normalized spacial score (nSPS) is 17.9. The van der Waals surface area contributed by atoms with Crippen molar-refractivity contribution in [3.63, 3.8) is 0 Å². The van der Waals surface area contributed by atoms with Gasteiger partial charge < -0.3 is 10.1 Å². The van der Waals surface area contributed by atoms with Crippen LogP contribution in [0.3, 0.4) is 0 Å². The Balaban J connectivity index is 2.01. The average Bonchev–Trinajstić information content (AvgIpc) is 2.31. The molecule has 1 saturated carbocycles. The smallest absolute Gasteiger partial charge is 0.119 e. The van der Waals surface area contributed by atoms with Crippen molar-refractivity contribution in [3.05, 3.63) is 29.8 Å². The number of benzene rings is 1. The van der Waals surface area contributed by atoms with Crippen LogP contribution in [-0.2, 0) is 6.42 Å². The van der Waals surface area contributed by atoms with Crippen LogP contribution in [0.4, 0.5) is 0 Å². The molecule has 106 valence electrons. The van der Waals surface area contributed by atoms with Crippen molar-refractivity contribution in [2.45, 2.75) is 52.0 Å². The van der Waals surface area contributed by atoms with Gasteiger partial charge in [0.15, 0.2) is 0 Å². The van der Waals surface area contributed by atoms with Crippen LogP contribution in [0, 0.1) is 5.41 Å². The van der Waals surface area contributed by atoms with E-state index in [2.05, 4.69) is 44.3 Å². The molecule has 0 aliphatic heterocycles. The maximum absolute atomic E-state index is 5.32. The predicted molar refractivity (Wildman–Crippen MR) is 80.7 cm³/mol. The average molecular weight is 261 g/mol. The molecule has 0 saturated heterocycles. The summed E-state index contributed by atoms with van der Waals surface area (Å²) in [6, 6.07) is 8.51. The predicted octanol–water partition coefficient (Wildman–Crippen LogP) is 3.80. The van der Waals surface area contributed by atoms with Crippen LogP contribution in [0.2, 0.25) is 0 Å². The van der Waals surface area contributed by atoms with Gasteiger partial charge >= 0.3 is 0 Å². The number of ether oxygens (including phenoxy) is 1. The Labute approximate surface area is 117 Å². The van der Waals surface area contributed by atoms with Crippen molar-refractivity contribution in [2.75, 3.05) is 13.7 Å². The molecule has 1 aromatic carbocycles. The first kappa shape index (κ1) is 14.4. The fourth-order valence-corrected chi connectivity index (χ4v) is 2.76. The van der Waals surface area contributed by atoms with Crippen molar-refractivity contribution < 1.29 is 4.74 Å². The fraction of sp³-hybridized carbons (Fsp3) is 0.647. The van der Waals surface area contributed by atoms with Gasteiger partial charge in [0.05, 0.1) is 7.11 Å². The van der Waals surface area contributed by atoms with Gasteiger partial charge in [-0.25, -0.2) is 0 Å². The summed E-state index contributed by atoms with van der Waals surface area (Å²) in [5.41, 5.74) is 2.06. The van der Waals surface area contributed by atoms with Crippen LogP contribution in [0.15, 0.2) is 24.3 Å². The van der Waals surface area contributed by atoms with Crippen LogP contribution in [0.5, 0.6) is 5.75 Å². The van der Waals surface area contributed by atoms with Gasteiger partial charge in [0.25, 0.3) is 0 Å². The third kappa shape index (κ3) is 3.97. The van der Waals surface area contributed by atoms with E-state index in [-0.39, 0.29) is 5.54 Å². The van der Waals surface area contributed by atoms with Gasteiger partial charge in [-0.1, -0.05) is 18.6 Å². The molecule has 0 bridgehead atoms. The molecule has 19 heavy (non-hydrogen) atoms. The number of hydrogen-bond acceptors (Lipinski definition) is 2. The Morgan fingerprint density at radius 2 is 2.00 bits per heavy atom. The van der Waals surface area contributed by atoms with Gasteiger partial charge in [0.1, 0.15) is 5.75 Å². The minimum Gasteiger partial charge on any atom is -0.497 e. The standard InChI is InChI=1S/C17H27NO/c1-16(2,3)18-13-17(9-6-10-17)12-14-7-5-8-15(11-14)19-4/h5,7-8,11,18H,6,9-10,12-13H2,1-4H3. The molecule has 0 amide bonds. The molecule has 1 aliphatic rings. The van der Waals surface area contributed by atoms with Crippen molar-refractivity contribution >= 4 is 0 Å². The van der Waals surface area contributed by atoms with Gasteiger partial charge in [-0.2, -0.15) is 0 Å². The van der Waals surface area contributed by atoms with E-state index >= 15 is 0 Å². The molecule has 0 spiro atoms. The zero-order valence-electron chi connectivity index (χ0n) is 12.8. The lowest BCUT2D eigenvalue weighted by molar-refractivity contribution is 0.118. The monoisotopic (exact) mass is 261 g/mol. The molecule has 0 aromatic heterocycles. The Morgan fingerprint density at radius 3 is 2.53 bits per heavy atom. The van der Waals surface area contributed by atoms with E-state index < -0.39 is 0 Å². The van der Waals surface area contributed by atoms with Gasteiger partial charge in [-0.05, 0) is 63.1 Å². The Kier molecular flexibility index (Phi) is 4.19. The van der Waals surface area contributed by atoms with Gasteiger partial charge in [0, 0.05) is 12.1 Å². The summed E-state index contributed by atoms with van der Waals surface area (Å²) in [6.07, 6.45) is 5.21. The third-order valence-corrected chi connectivity index (χ3v) is 4.12. The lowest BCUT2D eigenvalue weighted by Crippen LogP contribution is -2.47. The van der Waals surface area contributed by atoms with Gasteiger partial charge in [-0.15, -0.1) is 0 Å². The zero-order valence-corrected chi connectivity index (χ0v) is 12.8. The van der Waals surface area contributed by atoms with Crippen LogP contribution in [0.25, 0.3) is 0 Å². The Morgan fingerprint density at radius 1 is 1.26 bits per heavy atom. The molecule has 0 unspecified atom stereocenters. The van der Waals surface area contributed by atoms with E-state index in [1.54, 1.807) is 7.11 Å². The van der Waals surface area contributed by atoms with Gasteiger partial charge in [0.2, 0.25) is 0 Å². The minimum atomic E-state index is 0.205. The van der Waals surface area contributed by atoms with Crippen molar-refractivity contribution in [1.29, 1.82) is 0 Å². The highest BCUT2D eigenvalue weighted by Crippen LogP contribution is 2.43. The van der Waals surface area contributed by atoms with E-state index in [1.807, 2.05) is 6.07 Å². The molecule has 2 nitrogen and oxygen atoms in total. The molecule has 1 aliphatic carbocycles. The highest BCUT2D eigenvalue weighted by Gasteiger charge is 2.37. The molecule has 2 rings (SSSR count). The first-order valence-corrected chi connectivity index (χ1v) is 7.31. The molecule has 0 atom stereocenters. The summed E-state index contributed by atoms with van der Waals surface area (Å²) in [7, 11) is 1.74. The van der Waals surface area contributed by atoms with Gasteiger partial charge in [-0.3, -0.25) is 0 Å². The fourth-order valence-electron chi connectivity index (χ4n) is 2.76. The van der Waals surface area contributed by atoms with Crippen LogP contribution in [-0.4, -0.2) is 19.2 Å². The first-order valence-electron chi connectivity index (χ1n) is 7.31. The topological polar surface area (TPSA) is 21.3 Å². The van der Waals surface area contributed by atoms with Crippen LogP contribution in [0.1, 0.15) is 45.6 Å². The minimum absolute atomic E-state index is 0.205. The maximum Gasteiger partial charge on any atom is 0.119 e. The summed E-state index contributed by atoms with van der Waals surface area (Å²) in [5.74, 6) is 0.968. The van der Waals surface area contributed by atoms with Crippen molar-refractivity contribution in [3.8, 4) is 5.75 Å². The highest BCUT2D eigenvalue weighted by molar-refractivity contribution is 5.29. The quantitative estimate of drug-likeness (QED) is 0.870.